The molecule has 2 amide bonds. The molecule has 0 spiro atoms. The molecule has 0 aliphatic rings. The van der Waals surface area contributed by atoms with Gasteiger partial charge in [0.2, 0.25) is 11.5 Å². The molecule has 0 aromatic heterocycles. The van der Waals surface area contributed by atoms with E-state index in [1.165, 1.54) is 55.1 Å². The fourth-order valence-electron chi connectivity index (χ4n) is 3.30. The van der Waals surface area contributed by atoms with Crippen LogP contribution in [0.15, 0.2) is 34.5 Å². The van der Waals surface area contributed by atoms with Crippen molar-refractivity contribution in [2.24, 2.45) is 10.2 Å². The molecule has 0 bridgehead atoms. The van der Waals surface area contributed by atoms with Crippen LogP contribution in [-0.4, -0.2) is 77.4 Å². The molecule has 212 valence electrons. The number of carbonyl (C=O) groups is 2. The SMILES string of the molecule is COc1cc(C=NNC(=O)C(C)SC(C)C(=O)NN=Cc2cc(OC)c(OC)c(OC)c2)cc(OC)c1OC. The van der Waals surface area contributed by atoms with Crippen LogP contribution in [0.25, 0.3) is 0 Å². The molecule has 0 radical (unpaired) electrons. The molecule has 0 saturated heterocycles. The maximum atomic E-state index is 12.5. The Morgan fingerprint density at radius 2 is 0.949 bits per heavy atom. The molecular formula is C26H34N4O8S. The van der Waals surface area contributed by atoms with E-state index in [4.69, 9.17) is 28.4 Å². The third kappa shape index (κ3) is 8.43. The van der Waals surface area contributed by atoms with Crippen molar-refractivity contribution in [1.82, 2.24) is 10.9 Å². The fourth-order valence-corrected chi connectivity index (χ4v) is 4.27. The lowest BCUT2D eigenvalue weighted by Gasteiger charge is -2.15. The van der Waals surface area contributed by atoms with Crippen LogP contribution in [-0.2, 0) is 9.59 Å². The minimum atomic E-state index is -0.568. The van der Waals surface area contributed by atoms with Crippen LogP contribution in [0.5, 0.6) is 34.5 Å². The van der Waals surface area contributed by atoms with E-state index in [1.807, 2.05) is 0 Å². The number of nitrogens with zero attached hydrogens (tertiary/aromatic N) is 2. The van der Waals surface area contributed by atoms with Crippen LogP contribution in [0.4, 0.5) is 0 Å². The minimum Gasteiger partial charge on any atom is -0.493 e. The third-order valence-electron chi connectivity index (χ3n) is 5.30. The molecule has 39 heavy (non-hydrogen) atoms. The second-order valence-corrected chi connectivity index (χ2v) is 9.49. The number of amides is 2. The average Bonchev–Trinajstić information content (AvgIpc) is 2.95. The summed E-state index contributed by atoms with van der Waals surface area (Å²) in [6.07, 6.45) is 2.90. The van der Waals surface area contributed by atoms with Gasteiger partial charge in [0.1, 0.15) is 0 Å². The second kappa shape index (κ2) is 15.3. The van der Waals surface area contributed by atoms with Crippen molar-refractivity contribution < 1.29 is 38.0 Å². The Morgan fingerprint density at radius 3 is 1.21 bits per heavy atom. The van der Waals surface area contributed by atoms with Crippen LogP contribution in [0.1, 0.15) is 25.0 Å². The lowest BCUT2D eigenvalue weighted by Crippen LogP contribution is -2.33. The smallest absolute Gasteiger partial charge is 0.252 e. The molecule has 0 saturated carbocycles. The van der Waals surface area contributed by atoms with Gasteiger partial charge in [-0.15, -0.1) is 11.8 Å². The molecule has 13 heteroatoms. The molecule has 2 aromatic carbocycles. The first kappa shape index (κ1) is 31.1. The lowest BCUT2D eigenvalue weighted by molar-refractivity contribution is -0.120. The van der Waals surface area contributed by atoms with Gasteiger partial charge >= 0.3 is 0 Å². The number of ether oxygens (including phenoxy) is 6. The summed E-state index contributed by atoms with van der Waals surface area (Å²) in [5.41, 5.74) is 6.21. The Balaban J connectivity index is 1.94. The van der Waals surface area contributed by atoms with Crippen LogP contribution >= 0.6 is 11.8 Å². The van der Waals surface area contributed by atoms with E-state index in [9.17, 15) is 9.59 Å². The maximum Gasteiger partial charge on any atom is 0.252 e. The van der Waals surface area contributed by atoms with Crippen molar-refractivity contribution in [3.63, 3.8) is 0 Å². The Labute approximate surface area is 232 Å². The summed E-state index contributed by atoms with van der Waals surface area (Å²) in [7, 11) is 9.06. The van der Waals surface area contributed by atoms with Gasteiger partial charge in [0, 0.05) is 11.1 Å². The highest BCUT2D eigenvalue weighted by atomic mass is 32.2. The van der Waals surface area contributed by atoms with E-state index in [-0.39, 0.29) is 11.8 Å². The van der Waals surface area contributed by atoms with E-state index in [0.717, 1.165) is 11.8 Å². The molecule has 0 heterocycles. The number of carbonyl (C=O) groups excluding carboxylic acids is 2. The van der Waals surface area contributed by atoms with Crippen molar-refractivity contribution in [3.8, 4) is 34.5 Å². The Morgan fingerprint density at radius 1 is 0.641 bits per heavy atom. The van der Waals surface area contributed by atoms with Crippen LogP contribution in [0.3, 0.4) is 0 Å². The van der Waals surface area contributed by atoms with Gasteiger partial charge in [-0.05, 0) is 38.1 Å². The maximum absolute atomic E-state index is 12.5. The van der Waals surface area contributed by atoms with Gasteiger partial charge in [-0.3, -0.25) is 9.59 Å². The summed E-state index contributed by atoms with van der Waals surface area (Å²) < 4.78 is 31.8. The molecule has 0 fully saturated rings. The van der Waals surface area contributed by atoms with Gasteiger partial charge in [-0.2, -0.15) is 10.2 Å². The molecular weight excluding hydrogens is 528 g/mol. The van der Waals surface area contributed by atoms with E-state index in [1.54, 1.807) is 38.1 Å². The zero-order chi connectivity index (χ0) is 28.9. The van der Waals surface area contributed by atoms with Crippen LogP contribution in [0, 0.1) is 0 Å². The summed E-state index contributed by atoms with van der Waals surface area (Å²) in [4.78, 5) is 25.0. The number of hydrogen-bond acceptors (Lipinski definition) is 11. The number of hydrogen-bond donors (Lipinski definition) is 2. The average molecular weight is 563 g/mol. The quantitative estimate of drug-likeness (QED) is 0.263. The number of benzene rings is 2. The van der Waals surface area contributed by atoms with Crippen molar-refractivity contribution >= 4 is 36.0 Å². The number of rotatable bonds is 14. The molecule has 12 nitrogen and oxygen atoms in total. The van der Waals surface area contributed by atoms with Gasteiger partial charge in [0.15, 0.2) is 23.0 Å². The monoisotopic (exact) mass is 562 g/mol. The number of nitrogens with one attached hydrogen (secondary N) is 2. The highest BCUT2D eigenvalue weighted by molar-refractivity contribution is 8.01. The van der Waals surface area contributed by atoms with Crippen LogP contribution in [0.2, 0.25) is 0 Å². The first-order valence-corrected chi connectivity index (χ1v) is 12.6. The Hall–Kier alpha value is -4.13. The molecule has 2 rings (SSSR count). The second-order valence-electron chi connectivity index (χ2n) is 7.81. The van der Waals surface area contributed by atoms with E-state index >= 15 is 0 Å². The normalized spacial score (nSPS) is 12.5. The lowest BCUT2D eigenvalue weighted by atomic mass is 10.2. The minimum absolute atomic E-state index is 0.371. The number of hydrazone groups is 2. The summed E-state index contributed by atoms with van der Waals surface area (Å²) >= 11 is 1.16. The van der Waals surface area contributed by atoms with Gasteiger partial charge in [0.25, 0.3) is 11.8 Å². The summed E-state index contributed by atoms with van der Waals surface area (Å²) in [6, 6.07) is 6.78. The van der Waals surface area contributed by atoms with Crippen LogP contribution < -0.4 is 39.3 Å². The molecule has 2 atom stereocenters. The standard InChI is InChI=1S/C26H34N4O8S/c1-15(25(31)29-27-13-17-9-19(33-3)23(37-7)20(10-17)34-4)39-16(2)26(32)30-28-14-18-11-21(35-5)24(38-8)22(12-18)36-6/h9-16H,1-8H3,(H,29,31)(H,30,32). The number of methoxy groups -OCH3 is 6. The van der Waals surface area contributed by atoms with Gasteiger partial charge in [-0.25, -0.2) is 10.9 Å². The first-order chi connectivity index (χ1) is 18.7. The predicted molar refractivity (Wildman–Crippen MR) is 150 cm³/mol. The Kier molecular flexibility index (Phi) is 12.2. The summed E-state index contributed by atoms with van der Waals surface area (Å²) in [5.74, 6) is 2.00. The highest BCUT2D eigenvalue weighted by Gasteiger charge is 2.21. The van der Waals surface area contributed by atoms with Crippen molar-refractivity contribution in [2.75, 3.05) is 42.7 Å². The van der Waals surface area contributed by atoms with E-state index < -0.39 is 10.5 Å². The van der Waals surface area contributed by atoms with Gasteiger partial charge in [0.05, 0.1) is 65.6 Å². The molecule has 2 N–H and O–H groups in total. The van der Waals surface area contributed by atoms with Crippen molar-refractivity contribution in [1.29, 1.82) is 0 Å². The van der Waals surface area contributed by atoms with Gasteiger partial charge in [-0.1, -0.05) is 0 Å². The first-order valence-electron chi connectivity index (χ1n) is 11.6. The van der Waals surface area contributed by atoms with Gasteiger partial charge < -0.3 is 28.4 Å². The zero-order valence-corrected chi connectivity index (χ0v) is 24.0. The van der Waals surface area contributed by atoms with Crippen molar-refractivity contribution in [2.45, 2.75) is 24.3 Å². The fraction of sp³-hybridized carbons (Fsp3) is 0.385. The molecule has 2 aromatic rings. The summed E-state index contributed by atoms with van der Waals surface area (Å²) in [6.45, 7) is 3.36. The highest BCUT2D eigenvalue weighted by Crippen LogP contribution is 2.38. The zero-order valence-electron chi connectivity index (χ0n) is 23.2. The molecule has 2 unspecified atom stereocenters. The van der Waals surface area contributed by atoms with E-state index in [0.29, 0.717) is 45.6 Å². The Bertz CT molecular complexity index is 1060. The topological polar surface area (TPSA) is 138 Å². The summed E-state index contributed by atoms with van der Waals surface area (Å²) in [5, 5.41) is 6.87. The molecule has 0 aliphatic carbocycles. The molecule has 0 aliphatic heterocycles. The largest absolute Gasteiger partial charge is 0.493 e. The van der Waals surface area contributed by atoms with Crippen molar-refractivity contribution in [3.05, 3.63) is 35.4 Å². The predicted octanol–water partition coefficient (Wildman–Crippen LogP) is 2.85. The third-order valence-corrected chi connectivity index (χ3v) is 6.54. The number of thioether (sulfide) groups is 1. The van der Waals surface area contributed by atoms with E-state index in [2.05, 4.69) is 21.1 Å².